The van der Waals surface area contributed by atoms with Gasteiger partial charge in [0.25, 0.3) is 0 Å². The first-order chi connectivity index (χ1) is 7.72. The van der Waals surface area contributed by atoms with Crippen molar-refractivity contribution in [3.05, 3.63) is 0 Å². The van der Waals surface area contributed by atoms with Crippen LogP contribution in [0.25, 0.3) is 0 Å². The molecule has 3 nitrogen and oxygen atoms in total. The summed E-state index contributed by atoms with van der Waals surface area (Å²) in [4.78, 5) is 4.90. The molecule has 0 aromatic heterocycles. The van der Waals surface area contributed by atoms with Crippen molar-refractivity contribution in [3.8, 4) is 0 Å². The maximum absolute atomic E-state index is 3.45. The third-order valence-corrected chi connectivity index (χ3v) is 3.42. The van der Waals surface area contributed by atoms with Crippen LogP contribution in [0.2, 0.25) is 0 Å². The second-order valence-electron chi connectivity index (χ2n) is 5.29. The normalized spacial score (nSPS) is 21.2. The summed E-state index contributed by atoms with van der Waals surface area (Å²) in [6.07, 6.45) is 4.03. The van der Waals surface area contributed by atoms with Crippen molar-refractivity contribution in [2.24, 2.45) is 5.92 Å². The van der Waals surface area contributed by atoms with Crippen LogP contribution in [0.5, 0.6) is 0 Å². The molecule has 1 heterocycles. The molecular weight excluding hydrogens is 198 g/mol. The molecule has 1 aliphatic rings. The molecule has 0 spiro atoms. The fraction of sp³-hybridized carbons (Fsp3) is 1.00. The number of hydrogen-bond acceptors (Lipinski definition) is 3. The molecule has 0 aromatic rings. The maximum Gasteiger partial charge on any atom is 0.0109 e. The van der Waals surface area contributed by atoms with Gasteiger partial charge in [0.1, 0.15) is 0 Å². The summed E-state index contributed by atoms with van der Waals surface area (Å²) in [6.45, 7) is 9.70. The first-order valence-electron chi connectivity index (χ1n) is 6.80. The van der Waals surface area contributed by atoms with E-state index in [0.29, 0.717) is 0 Å². The highest BCUT2D eigenvalue weighted by atomic mass is 15.2. The van der Waals surface area contributed by atoms with Crippen molar-refractivity contribution in [2.45, 2.75) is 26.2 Å². The maximum atomic E-state index is 3.45. The van der Waals surface area contributed by atoms with Crippen LogP contribution in [0.4, 0.5) is 0 Å². The zero-order valence-electron chi connectivity index (χ0n) is 11.3. The summed E-state index contributed by atoms with van der Waals surface area (Å²) in [7, 11) is 4.32. The third kappa shape index (κ3) is 5.83. The zero-order chi connectivity index (χ0) is 11.8. The quantitative estimate of drug-likeness (QED) is 0.673. The molecular formula is C13H29N3. The Morgan fingerprint density at radius 2 is 1.94 bits per heavy atom. The lowest BCUT2D eigenvalue weighted by molar-refractivity contribution is 0.227. The average molecular weight is 227 g/mol. The van der Waals surface area contributed by atoms with Crippen molar-refractivity contribution >= 4 is 0 Å². The van der Waals surface area contributed by atoms with Gasteiger partial charge in [0.2, 0.25) is 0 Å². The Morgan fingerprint density at radius 3 is 2.50 bits per heavy atom. The monoisotopic (exact) mass is 227 g/mol. The minimum atomic E-state index is 0.929. The van der Waals surface area contributed by atoms with Crippen LogP contribution < -0.4 is 5.32 Å². The predicted octanol–water partition coefficient (Wildman–Crippen LogP) is 1.26. The molecule has 1 atom stereocenters. The molecule has 1 saturated heterocycles. The average Bonchev–Trinajstić information content (AvgIpc) is 2.75. The Labute approximate surface area is 101 Å². The van der Waals surface area contributed by atoms with Crippen LogP contribution in [0, 0.1) is 5.92 Å². The fourth-order valence-corrected chi connectivity index (χ4v) is 2.32. The van der Waals surface area contributed by atoms with Crippen molar-refractivity contribution in [1.29, 1.82) is 0 Å². The summed E-state index contributed by atoms with van der Waals surface area (Å²) >= 11 is 0. The lowest BCUT2D eigenvalue weighted by Gasteiger charge is -2.24. The molecule has 3 heteroatoms. The highest BCUT2D eigenvalue weighted by Crippen LogP contribution is 2.12. The van der Waals surface area contributed by atoms with Crippen LogP contribution in [-0.2, 0) is 0 Å². The lowest BCUT2D eigenvalue weighted by atomic mass is 10.0. The van der Waals surface area contributed by atoms with E-state index in [1.807, 2.05) is 0 Å². The first-order valence-corrected chi connectivity index (χ1v) is 6.80. The highest BCUT2D eigenvalue weighted by Gasteiger charge is 2.15. The van der Waals surface area contributed by atoms with Crippen molar-refractivity contribution in [3.63, 3.8) is 0 Å². The molecule has 1 fully saturated rings. The van der Waals surface area contributed by atoms with Crippen LogP contribution >= 0.6 is 0 Å². The van der Waals surface area contributed by atoms with Crippen LogP contribution in [-0.4, -0.2) is 63.2 Å². The Morgan fingerprint density at radius 1 is 1.12 bits per heavy atom. The van der Waals surface area contributed by atoms with E-state index >= 15 is 0 Å². The van der Waals surface area contributed by atoms with Crippen molar-refractivity contribution in [2.75, 3.05) is 53.4 Å². The van der Waals surface area contributed by atoms with Crippen LogP contribution in [0.15, 0.2) is 0 Å². The van der Waals surface area contributed by atoms with Crippen molar-refractivity contribution < 1.29 is 0 Å². The lowest BCUT2D eigenvalue weighted by Crippen LogP contribution is -2.34. The molecule has 0 radical (unpaired) electrons. The van der Waals surface area contributed by atoms with Gasteiger partial charge in [-0.2, -0.15) is 0 Å². The van der Waals surface area contributed by atoms with Gasteiger partial charge in [0.15, 0.2) is 0 Å². The molecule has 96 valence electrons. The molecule has 16 heavy (non-hydrogen) atoms. The Hall–Kier alpha value is -0.120. The zero-order valence-corrected chi connectivity index (χ0v) is 11.3. The van der Waals surface area contributed by atoms with E-state index in [0.717, 1.165) is 5.92 Å². The van der Waals surface area contributed by atoms with Gasteiger partial charge in [0.05, 0.1) is 0 Å². The van der Waals surface area contributed by atoms with E-state index in [1.165, 1.54) is 58.5 Å². The molecule has 0 bridgehead atoms. The summed E-state index contributed by atoms with van der Waals surface area (Å²) in [5, 5.41) is 3.45. The largest absolute Gasteiger partial charge is 0.316 e. The number of nitrogens with one attached hydrogen (secondary N) is 1. The standard InChI is InChI=1S/C13H29N3/c1-4-8-16(11-10-15(2)3)9-6-13-5-7-14-12-13/h13-14H,4-12H2,1-3H3. The Kier molecular flexibility index (Phi) is 7.01. The van der Waals surface area contributed by atoms with E-state index in [4.69, 9.17) is 0 Å². The van der Waals surface area contributed by atoms with Gasteiger partial charge in [-0.15, -0.1) is 0 Å². The SMILES string of the molecule is CCCN(CCC1CCNC1)CCN(C)C. The van der Waals surface area contributed by atoms with Gasteiger partial charge < -0.3 is 15.1 Å². The van der Waals surface area contributed by atoms with Gasteiger partial charge in [-0.05, 0) is 65.5 Å². The van der Waals surface area contributed by atoms with Gasteiger partial charge in [-0.3, -0.25) is 0 Å². The minimum Gasteiger partial charge on any atom is -0.316 e. The number of hydrogen-bond donors (Lipinski definition) is 1. The molecule has 0 saturated carbocycles. The summed E-state index contributed by atoms with van der Waals surface area (Å²) < 4.78 is 0. The number of rotatable bonds is 8. The highest BCUT2D eigenvalue weighted by molar-refractivity contribution is 4.72. The second kappa shape index (κ2) is 8.04. The second-order valence-corrected chi connectivity index (χ2v) is 5.29. The van der Waals surface area contributed by atoms with Gasteiger partial charge in [0, 0.05) is 13.1 Å². The van der Waals surface area contributed by atoms with E-state index < -0.39 is 0 Å². The molecule has 0 amide bonds. The van der Waals surface area contributed by atoms with E-state index in [1.54, 1.807) is 0 Å². The topological polar surface area (TPSA) is 18.5 Å². The predicted molar refractivity (Wildman–Crippen MR) is 70.9 cm³/mol. The number of nitrogens with zero attached hydrogens (tertiary/aromatic N) is 2. The Balaban J connectivity index is 2.15. The van der Waals surface area contributed by atoms with Gasteiger partial charge in [-0.1, -0.05) is 6.92 Å². The van der Waals surface area contributed by atoms with E-state index in [-0.39, 0.29) is 0 Å². The van der Waals surface area contributed by atoms with E-state index in [9.17, 15) is 0 Å². The number of likely N-dealkylation sites (N-methyl/N-ethyl adjacent to an activating group) is 1. The van der Waals surface area contributed by atoms with Gasteiger partial charge >= 0.3 is 0 Å². The molecule has 1 N–H and O–H groups in total. The summed E-state index contributed by atoms with van der Waals surface area (Å²) in [5.41, 5.74) is 0. The first kappa shape index (κ1) is 13.9. The smallest absolute Gasteiger partial charge is 0.0109 e. The fourth-order valence-electron chi connectivity index (χ4n) is 2.32. The molecule has 0 aromatic carbocycles. The van der Waals surface area contributed by atoms with Crippen LogP contribution in [0.3, 0.4) is 0 Å². The summed E-state index contributed by atoms with van der Waals surface area (Å²) in [6, 6.07) is 0. The Bertz CT molecular complexity index is 165. The van der Waals surface area contributed by atoms with Crippen LogP contribution in [0.1, 0.15) is 26.2 Å². The molecule has 1 unspecified atom stereocenters. The molecule has 1 rings (SSSR count). The van der Waals surface area contributed by atoms with Crippen molar-refractivity contribution in [1.82, 2.24) is 15.1 Å². The third-order valence-electron chi connectivity index (χ3n) is 3.42. The summed E-state index contributed by atoms with van der Waals surface area (Å²) in [5.74, 6) is 0.929. The molecule has 1 aliphatic heterocycles. The molecule has 0 aliphatic carbocycles. The minimum absolute atomic E-state index is 0.929. The van der Waals surface area contributed by atoms with Gasteiger partial charge in [-0.25, -0.2) is 0 Å². The van der Waals surface area contributed by atoms with E-state index in [2.05, 4.69) is 36.1 Å².